The van der Waals surface area contributed by atoms with Crippen molar-refractivity contribution in [3.8, 4) is 22.6 Å². The van der Waals surface area contributed by atoms with Crippen LogP contribution in [0.15, 0.2) is 39.5 Å². The number of benzene rings is 2. The Bertz CT molecular complexity index is 1010. The minimum Gasteiger partial charge on any atom is -0.496 e. The van der Waals surface area contributed by atoms with Crippen molar-refractivity contribution in [2.45, 2.75) is 20.3 Å². The van der Waals surface area contributed by atoms with Crippen molar-refractivity contribution >= 4 is 11.0 Å². The van der Waals surface area contributed by atoms with Gasteiger partial charge in [-0.25, -0.2) is 4.79 Å². The normalized spacial score (nSPS) is 13.0. The highest BCUT2D eigenvalue weighted by molar-refractivity contribution is 5.97. The van der Waals surface area contributed by atoms with Crippen molar-refractivity contribution in [3.05, 3.63) is 57.4 Å². The maximum absolute atomic E-state index is 11.8. The lowest BCUT2D eigenvalue weighted by molar-refractivity contribution is 0.357. The van der Waals surface area contributed by atoms with Crippen molar-refractivity contribution < 1.29 is 13.9 Å². The molecule has 1 aromatic heterocycles. The lowest BCUT2D eigenvalue weighted by Gasteiger charge is -2.17. The molecule has 2 aromatic carbocycles. The molecule has 0 fully saturated rings. The Morgan fingerprint density at radius 3 is 2.75 bits per heavy atom. The Morgan fingerprint density at radius 1 is 1.17 bits per heavy atom. The fourth-order valence-electron chi connectivity index (χ4n) is 3.65. The summed E-state index contributed by atoms with van der Waals surface area (Å²) in [6, 6.07) is 9.45. The molecule has 122 valence electrons. The molecule has 1 aliphatic heterocycles. The summed E-state index contributed by atoms with van der Waals surface area (Å²) in [6.07, 6.45) is 0.737. The van der Waals surface area contributed by atoms with Gasteiger partial charge in [-0.1, -0.05) is 18.2 Å². The second-order valence-electron chi connectivity index (χ2n) is 6.06. The molecule has 0 unspecified atom stereocenters. The van der Waals surface area contributed by atoms with Gasteiger partial charge >= 0.3 is 5.63 Å². The van der Waals surface area contributed by atoms with Gasteiger partial charge in [0.25, 0.3) is 0 Å². The van der Waals surface area contributed by atoms with E-state index in [4.69, 9.17) is 13.9 Å². The molecule has 24 heavy (non-hydrogen) atoms. The average molecular weight is 322 g/mol. The maximum atomic E-state index is 11.8. The van der Waals surface area contributed by atoms with Crippen LogP contribution >= 0.6 is 0 Å². The first-order valence-electron chi connectivity index (χ1n) is 7.98. The van der Waals surface area contributed by atoms with Gasteiger partial charge in [0.1, 0.15) is 17.1 Å². The van der Waals surface area contributed by atoms with Gasteiger partial charge in [0, 0.05) is 34.6 Å². The van der Waals surface area contributed by atoms with Crippen LogP contribution in [0.5, 0.6) is 11.5 Å². The fourth-order valence-corrected chi connectivity index (χ4v) is 3.65. The molecule has 0 amide bonds. The summed E-state index contributed by atoms with van der Waals surface area (Å²) >= 11 is 0. The fraction of sp³-hybridized carbons (Fsp3) is 0.250. The summed E-state index contributed by atoms with van der Waals surface area (Å²) in [5, 5.41) is 0.986. The van der Waals surface area contributed by atoms with Gasteiger partial charge in [0.05, 0.1) is 13.7 Å². The molecular formula is C20H18O4. The Balaban J connectivity index is 2.18. The van der Waals surface area contributed by atoms with Crippen LogP contribution in [0.1, 0.15) is 16.7 Å². The Labute approximate surface area is 139 Å². The van der Waals surface area contributed by atoms with Gasteiger partial charge in [-0.05, 0) is 31.0 Å². The summed E-state index contributed by atoms with van der Waals surface area (Å²) in [5.41, 5.74) is 5.27. The largest absolute Gasteiger partial charge is 0.496 e. The number of ether oxygens (including phenoxy) is 2. The van der Waals surface area contributed by atoms with Crippen molar-refractivity contribution in [2.75, 3.05) is 13.7 Å². The molecule has 4 heteroatoms. The molecule has 4 rings (SSSR count). The molecule has 3 aromatic rings. The first-order valence-corrected chi connectivity index (χ1v) is 7.98. The van der Waals surface area contributed by atoms with E-state index in [9.17, 15) is 4.79 Å². The minimum absolute atomic E-state index is 0.321. The van der Waals surface area contributed by atoms with Crippen LogP contribution in [-0.2, 0) is 6.42 Å². The predicted molar refractivity (Wildman–Crippen MR) is 93.1 cm³/mol. The molecule has 0 saturated heterocycles. The van der Waals surface area contributed by atoms with Gasteiger partial charge in [-0.2, -0.15) is 0 Å². The molecule has 0 bridgehead atoms. The zero-order valence-corrected chi connectivity index (χ0v) is 13.9. The van der Waals surface area contributed by atoms with Crippen LogP contribution in [0.25, 0.3) is 22.1 Å². The second-order valence-corrected chi connectivity index (χ2v) is 6.06. The molecule has 2 heterocycles. The summed E-state index contributed by atoms with van der Waals surface area (Å²) in [5.74, 6) is 1.60. The highest BCUT2D eigenvalue weighted by Gasteiger charge is 2.27. The smallest absolute Gasteiger partial charge is 0.336 e. The highest BCUT2D eigenvalue weighted by atomic mass is 16.5. The van der Waals surface area contributed by atoms with Crippen molar-refractivity contribution in [2.24, 2.45) is 0 Å². The molecule has 0 saturated carbocycles. The first kappa shape index (κ1) is 14.8. The number of rotatable bonds is 2. The van der Waals surface area contributed by atoms with Crippen molar-refractivity contribution in [3.63, 3.8) is 0 Å². The number of methoxy groups -OCH3 is 1. The average Bonchev–Trinajstić information content (AvgIpc) is 3.04. The Hall–Kier alpha value is -2.75. The number of hydrogen-bond acceptors (Lipinski definition) is 4. The van der Waals surface area contributed by atoms with Crippen LogP contribution < -0.4 is 15.1 Å². The molecule has 0 radical (unpaired) electrons. The SMILES string of the molecule is COc1ccccc1-c1c2c(c3oc(=O)cc(C)c3c1C)CCO2. The molecule has 0 aliphatic carbocycles. The summed E-state index contributed by atoms with van der Waals surface area (Å²) < 4.78 is 17.0. The van der Waals surface area contributed by atoms with E-state index in [2.05, 4.69) is 0 Å². The summed E-state index contributed by atoms with van der Waals surface area (Å²) in [6.45, 7) is 4.58. The van der Waals surface area contributed by atoms with E-state index in [0.29, 0.717) is 12.2 Å². The van der Waals surface area contributed by atoms with Crippen LogP contribution in [0, 0.1) is 13.8 Å². The van der Waals surface area contributed by atoms with E-state index >= 15 is 0 Å². The van der Waals surface area contributed by atoms with Gasteiger partial charge in [0.15, 0.2) is 0 Å². The van der Waals surface area contributed by atoms with E-state index in [1.54, 1.807) is 13.2 Å². The van der Waals surface area contributed by atoms with Gasteiger partial charge in [-0.3, -0.25) is 0 Å². The third-order valence-electron chi connectivity index (χ3n) is 4.66. The van der Waals surface area contributed by atoms with Gasteiger partial charge in [-0.15, -0.1) is 0 Å². The number of aryl methyl sites for hydroxylation is 2. The maximum Gasteiger partial charge on any atom is 0.336 e. The molecule has 4 nitrogen and oxygen atoms in total. The minimum atomic E-state index is -0.321. The molecule has 1 aliphatic rings. The van der Waals surface area contributed by atoms with Gasteiger partial charge < -0.3 is 13.9 Å². The highest BCUT2D eigenvalue weighted by Crippen LogP contribution is 2.47. The third kappa shape index (κ3) is 2.03. The topological polar surface area (TPSA) is 48.7 Å². The quantitative estimate of drug-likeness (QED) is 0.669. The summed E-state index contributed by atoms with van der Waals surface area (Å²) in [4.78, 5) is 11.8. The lowest BCUT2D eigenvalue weighted by Crippen LogP contribution is -2.02. The summed E-state index contributed by atoms with van der Waals surface area (Å²) in [7, 11) is 1.67. The standard InChI is InChI=1S/C20H18O4/c1-11-10-16(21)24-20-14-8-9-23-19(14)18(12(2)17(11)20)13-6-4-5-7-15(13)22-3/h4-7,10H,8-9H2,1-3H3. The van der Waals surface area contributed by atoms with Crippen molar-refractivity contribution in [1.82, 2.24) is 0 Å². The molecule has 0 atom stereocenters. The Kier molecular flexibility index (Phi) is 3.34. The van der Waals surface area contributed by atoms with Crippen LogP contribution in [0.3, 0.4) is 0 Å². The Morgan fingerprint density at radius 2 is 1.96 bits per heavy atom. The number of fused-ring (bicyclic) bond motifs is 3. The second kappa shape index (κ2) is 5.41. The monoisotopic (exact) mass is 322 g/mol. The van der Waals surface area contributed by atoms with Crippen LogP contribution in [0.2, 0.25) is 0 Å². The number of hydrogen-bond donors (Lipinski definition) is 0. The molecule has 0 N–H and O–H groups in total. The lowest BCUT2D eigenvalue weighted by atomic mass is 9.91. The van der Waals surface area contributed by atoms with E-state index in [1.807, 2.05) is 38.1 Å². The van der Waals surface area contributed by atoms with Gasteiger partial charge in [0.2, 0.25) is 0 Å². The first-order chi connectivity index (χ1) is 11.6. The van der Waals surface area contributed by atoms with Crippen molar-refractivity contribution in [1.29, 1.82) is 0 Å². The van der Waals surface area contributed by atoms with E-state index < -0.39 is 0 Å². The van der Waals surface area contributed by atoms with Crippen LogP contribution in [0.4, 0.5) is 0 Å². The van der Waals surface area contributed by atoms with E-state index in [0.717, 1.165) is 51.1 Å². The zero-order chi connectivity index (χ0) is 16.8. The van der Waals surface area contributed by atoms with E-state index in [1.165, 1.54) is 0 Å². The molecular weight excluding hydrogens is 304 g/mol. The van der Waals surface area contributed by atoms with Crippen LogP contribution in [-0.4, -0.2) is 13.7 Å². The number of para-hydroxylation sites is 1. The van der Waals surface area contributed by atoms with E-state index in [-0.39, 0.29) is 5.63 Å². The predicted octanol–water partition coefficient (Wildman–Crippen LogP) is 4.02. The molecule has 0 spiro atoms. The zero-order valence-electron chi connectivity index (χ0n) is 13.9. The third-order valence-corrected chi connectivity index (χ3v) is 4.66.